The fourth-order valence-corrected chi connectivity index (χ4v) is 2.62. The van der Waals surface area contributed by atoms with E-state index >= 15 is 0 Å². The van der Waals surface area contributed by atoms with Crippen molar-refractivity contribution in [3.63, 3.8) is 0 Å². The van der Waals surface area contributed by atoms with Crippen molar-refractivity contribution in [1.29, 1.82) is 0 Å². The maximum absolute atomic E-state index is 9.31. The SMILES string of the molecule is OCc1cnccc1Oc1ccc2ccccc2c1Br. The van der Waals surface area contributed by atoms with Crippen molar-refractivity contribution in [1.82, 2.24) is 4.98 Å². The van der Waals surface area contributed by atoms with Crippen LogP contribution < -0.4 is 4.74 Å². The first-order chi connectivity index (χ1) is 9.79. The summed E-state index contributed by atoms with van der Waals surface area (Å²) in [4.78, 5) is 3.98. The molecule has 4 heteroatoms. The lowest BCUT2D eigenvalue weighted by Gasteiger charge is -2.12. The normalized spacial score (nSPS) is 10.7. The number of pyridine rings is 1. The van der Waals surface area contributed by atoms with Crippen molar-refractivity contribution in [2.75, 3.05) is 0 Å². The standard InChI is InChI=1S/C16H12BrNO2/c17-16-13-4-2-1-3-11(13)5-6-15(16)20-14-7-8-18-9-12(14)10-19/h1-9,19H,10H2. The lowest BCUT2D eigenvalue weighted by molar-refractivity contribution is 0.276. The van der Waals surface area contributed by atoms with Gasteiger partial charge in [-0.2, -0.15) is 0 Å². The van der Waals surface area contributed by atoms with Crippen LogP contribution in [0.15, 0.2) is 59.3 Å². The van der Waals surface area contributed by atoms with E-state index in [1.807, 2.05) is 30.3 Å². The zero-order chi connectivity index (χ0) is 13.9. The third-order valence-electron chi connectivity index (χ3n) is 3.08. The lowest BCUT2D eigenvalue weighted by atomic mass is 10.1. The zero-order valence-corrected chi connectivity index (χ0v) is 12.2. The van der Waals surface area contributed by atoms with E-state index in [0.717, 1.165) is 15.2 Å². The molecule has 1 heterocycles. The first kappa shape index (κ1) is 13.1. The molecule has 3 aromatic rings. The molecule has 0 aliphatic carbocycles. The Morgan fingerprint density at radius 2 is 1.90 bits per heavy atom. The van der Waals surface area contributed by atoms with Crippen LogP contribution in [0.2, 0.25) is 0 Å². The Morgan fingerprint density at radius 1 is 1.05 bits per heavy atom. The number of ether oxygens (including phenoxy) is 1. The Labute approximate surface area is 125 Å². The quantitative estimate of drug-likeness (QED) is 0.779. The van der Waals surface area contributed by atoms with Gasteiger partial charge in [0, 0.05) is 18.0 Å². The van der Waals surface area contributed by atoms with Crippen LogP contribution in [0.5, 0.6) is 11.5 Å². The Bertz CT molecular complexity index is 758. The van der Waals surface area contributed by atoms with Gasteiger partial charge in [0.1, 0.15) is 11.5 Å². The molecule has 0 atom stereocenters. The molecular formula is C16H12BrNO2. The van der Waals surface area contributed by atoms with Gasteiger partial charge in [-0.15, -0.1) is 0 Å². The van der Waals surface area contributed by atoms with Crippen molar-refractivity contribution >= 4 is 26.7 Å². The third kappa shape index (κ3) is 2.40. The molecule has 0 saturated heterocycles. The molecule has 20 heavy (non-hydrogen) atoms. The third-order valence-corrected chi connectivity index (χ3v) is 3.89. The second-order valence-electron chi connectivity index (χ2n) is 4.34. The number of rotatable bonds is 3. The van der Waals surface area contributed by atoms with E-state index in [4.69, 9.17) is 4.74 Å². The minimum absolute atomic E-state index is 0.103. The van der Waals surface area contributed by atoms with Gasteiger partial charge in [-0.25, -0.2) is 0 Å². The number of nitrogens with zero attached hydrogens (tertiary/aromatic N) is 1. The van der Waals surface area contributed by atoms with Crippen molar-refractivity contribution in [3.8, 4) is 11.5 Å². The summed E-state index contributed by atoms with van der Waals surface area (Å²) in [5.41, 5.74) is 0.660. The molecule has 0 aliphatic rings. The van der Waals surface area contributed by atoms with E-state index in [9.17, 15) is 5.11 Å². The predicted molar refractivity (Wildman–Crippen MR) is 81.9 cm³/mol. The van der Waals surface area contributed by atoms with Gasteiger partial charge in [0.25, 0.3) is 0 Å². The van der Waals surface area contributed by atoms with Crippen molar-refractivity contribution in [2.45, 2.75) is 6.61 Å². The molecule has 0 bridgehead atoms. The average molecular weight is 330 g/mol. The number of halogens is 1. The highest BCUT2D eigenvalue weighted by molar-refractivity contribution is 9.10. The molecule has 0 spiro atoms. The summed E-state index contributed by atoms with van der Waals surface area (Å²) >= 11 is 3.58. The molecule has 1 N–H and O–H groups in total. The van der Waals surface area contributed by atoms with Crippen molar-refractivity contribution in [2.24, 2.45) is 0 Å². The van der Waals surface area contributed by atoms with Gasteiger partial charge in [0.2, 0.25) is 0 Å². The van der Waals surface area contributed by atoms with Crippen LogP contribution in [0, 0.1) is 0 Å². The first-order valence-corrected chi connectivity index (χ1v) is 6.98. The minimum Gasteiger partial charge on any atom is -0.456 e. The monoisotopic (exact) mass is 329 g/mol. The molecule has 100 valence electrons. The fourth-order valence-electron chi connectivity index (χ4n) is 2.04. The van der Waals surface area contributed by atoms with Crippen molar-refractivity contribution in [3.05, 3.63) is 64.9 Å². The van der Waals surface area contributed by atoms with Gasteiger partial charge < -0.3 is 9.84 Å². The second-order valence-corrected chi connectivity index (χ2v) is 5.14. The fraction of sp³-hybridized carbons (Fsp3) is 0.0625. The van der Waals surface area contributed by atoms with E-state index in [-0.39, 0.29) is 6.61 Å². The van der Waals surface area contributed by atoms with Crippen LogP contribution >= 0.6 is 15.9 Å². The molecule has 0 saturated carbocycles. The largest absolute Gasteiger partial charge is 0.456 e. The number of aliphatic hydroxyl groups excluding tert-OH is 1. The number of hydrogen-bond donors (Lipinski definition) is 1. The molecule has 3 nitrogen and oxygen atoms in total. The molecular weight excluding hydrogens is 318 g/mol. The van der Waals surface area contributed by atoms with Gasteiger partial charge in [0.15, 0.2) is 0 Å². The number of hydrogen-bond acceptors (Lipinski definition) is 3. The zero-order valence-electron chi connectivity index (χ0n) is 10.6. The van der Waals surface area contributed by atoms with Crippen LogP contribution in [-0.4, -0.2) is 10.1 Å². The Kier molecular flexibility index (Phi) is 3.67. The molecule has 2 aromatic carbocycles. The number of benzene rings is 2. The minimum atomic E-state index is -0.103. The maximum Gasteiger partial charge on any atom is 0.142 e. The topological polar surface area (TPSA) is 42.4 Å². The summed E-state index contributed by atoms with van der Waals surface area (Å²) in [7, 11) is 0. The number of aromatic nitrogens is 1. The van der Waals surface area contributed by atoms with Gasteiger partial charge >= 0.3 is 0 Å². The predicted octanol–water partition coefficient (Wildman–Crippen LogP) is 4.28. The van der Waals surface area contributed by atoms with E-state index in [2.05, 4.69) is 27.0 Å². The molecule has 3 rings (SSSR count). The average Bonchev–Trinajstić information content (AvgIpc) is 2.51. The molecule has 0 unspecified atom stereocenters. The lowest BCUT2D eigenvalue weighted by Crippen LogP contribution is -1.93. The van der Waals surface area contributed by atoms with Crippen LogP contribution in [-0.2, 0) is 6.61 Å². The molecule has 0 aliphatic heterocycles. The highest BCUT2D eigenvalue weighted by Gasteiger charge is 2.09. The smallest absolute Gasteiger partial charge is 0.142 e. The van der Waals surface area contributed by atoms with Crippen LogP contribution in [0.1, 0.15) is 5.56 Å². The van der Waals surface area contributed by atoms with E-state index in [1.54, 1.807) is 18.5 Å². The summed E-state index contributed by atoms with van der Waals surface area (Å²) in [5.74, 6) is 1.32. The van der Waals surface area contributed by atoms with E-state index in [1.165, 1.54) is 0 Å². The summed E-state index contributed by atoms with van der Waals surface area (Å²) < 4.78 is 6.79. The first-order valence-electron chi connectivity index (χ1n) is 6.18. The van der Waals surface area contributed by atoms with Crippen molar-refractivity contribution < 1.29 is 9.84 Å². The summed E-state index contributed by atoms with van der Waals surface area (Å²) in [6, 6.07) is 13.7. The highest BCUT2D eigenvalue weighted by Crippen LogP contribution is 2.36. The van der Waals surface area contributed by atoms with Gasteiger partial charge in [-0.1, -0.05) is 30.3 Å². The van der Waals surface area contributed by atoms with E-state index < -0.39 is 0 Å². The molecule has 0 fully saturated rings. The number of aliphatic hydroxyl groups is 1. The van der Waals surface area contributed by atoms with Gasteiger partial charge in [-0.05, 0) is 38.8 Å². The summed E-state index contributed by atoms with van der Waals surface area (Å²) in [6.45, 7) is -0.103. The Hall–Kier alpha value is -1.91. The Balaban J connectivity index is 2.05. The number of fused-ring (bicyclic) bond motifs is 1. The molecule has 1 aromatic heterocycles. The summed E-state index contributed by atoms with van der Waals surface area (Å²) in [5, 5.41) is 11.5. The second kappa shape index (κ2) is 5.61. The van der Waals surface area contributed by atoms with Crippen LogP contribution in [0.25, 0.3) is 10.8 Å². The van der Waals surface area contributed by atoms with E-state index in [0.29, 0.717) is 17.1 Å². The van der Waals surface area contributed by atoms with Gasteiger partial charge in [-0.3, -0.25) is 4.98 Å². The highest BCUT2D eigenvalue weighted by atomic mass is 79.9. The summed E-state index contributed by atoms with van der Waals surface area (Å²) in [6.07, 6.45) is 3.24. The van der Waals surface area contributed by atoms with Crippen LogP contribution in [0.3, 0.4) is 0 Å². The molecule has 0 amide bonds. The van der Waals surface area contributed by atoms with Gasteiger partial charge in [0.05, 0.1) is 11.1 Å². The van der Waals surface area contributed by atoms with Crippen LogP contribution in [0.4, 0.5) is 0 Å². The maximum atomic E-state index is 9.31. The Morgan fingerprint density at radius 3 is 2.75 bits per heavy atom. The molecule has 0 radical (unpaired) electrons.